The van der Waals surface area contributed by atoms with E-state index in [1.54, 1.807) is 6.07 Å². The van der Waals surface area contributed by atoms with Gasteiger partial charge in [-0.2, -0.15) is 4.98 Å². The number of rotatable bonds is 7. The maximum absolute atomic E-state index is 14.1. The lowest BCUT2D eigenvalue weighted by atomic mass is 10.2. The molecule has 1 fully saturated rings. The lowest BCUT2D eigenvalue weighted by Gasteiger charge is -2.16. The first kappa shape index (κ1) is 25.8. The number of carbonyl (C=O) groups is 1. The minimum atomic E-state index is -0.659. The minimum absolute atomic E-state index is 0. The van der Waals surface area contributed by atoms with Gasteiger partial charge in [-0.25, -0.2) is 9.37 Å². The van der Waals surface area contributed by atoms with Crippen LogP contribution in [0.4, 0.5) is 27.5 Å². The van der Waals surface area contributed by atoms with Crippen molar-refractivity contribution in [2.45, 2.75) is 18.9 Å². The van der Waals surface area contributed by atoms with Crippen LogP contribution in [-0.4, -0.2) is 40.2 Å². The summed E-state index contributed by atoms with van der Waals surface area (Å²) < 4.78 is 19.8. The first-order chi connectivity index (χ1) is 15.9. The summed E-state index contributed by atoms with van der Waals surface area (Å²) in [6, 6.07) is 8.67. The molecule has 1 atom stereocenters. The number of anilines is 4. The number of para-hydroxylation sites is 1. The van der Waals surface area contributed by atoms with Crippen LogP contribution in [0.1, 0.15) is 23.2 Å². The number of ether oxygens (including phenoxy) is 1. The predicted molar refractivity (Wildman–Crippen MR) is 133 cm³/mol. The predicted octanol–water partition coefficient (Wildman–Crippen LogP) is 5.64. The number of phenolic OH excluding ortho intramolecular Hbond substituents is 1. The summed E-state index contributed by atoms with van der Waals surface area (Å²) in [5.74, 6) is -0.921. The van der Waals surface area contributed by atoms with Crippen LogP contribution in [0.5, 0.6) is 5.75 Å². The second kappa shape index (κ2) is 11.5. The highest BCUT2D eigenvalue weighted by Crippen LogP contribution is 2.29. The zero-order valence-corrected chi connectivity index (χ0v) is 20.0. The number of benzene rings is 2. The molecule has 8 nitrogen and oxygen atoms in total. The second-order valence-corrected chi connectivity index (χ2v) is 8.13. The number of nitrogens with zero attached hydrogens (tertiary/aromatic N) is 2. The highest BCUT2D eigenvalue weighted by Gasteiger charge is 2.21. The Morgan fingerprint density at radius 2 is 2.06 bits per heavy atom. The van der Waals surface area contributed by atoms with Gasteiger partial charge in [0.15, 0.2) is 0 Å². The van der Waals surface area contributed by atoms with Gasteiger partial charge in [-0.15, -0.1) is 12.4 Å². The van der Waals surface area contributed by atoms with Gasteiger partial charge >= 0.3 is 0 Å². The Balaban J connectivity index is 0.00000324. The summed E-state index contributed by atoms with van der Waals surface area (Å²) in [7, 11) is 0. The van der Waals surface area contributed by atoms with E-state index in [0.717, 1.165) is 12.8 Å². The number of phenols is 1. The van der Waals surface area contributed by atoms with Crippen molar-refractivity contribution in [1.29, 1.82) is 0 Å². The zero-order chi connectivity index (χ0) is 23.4. The second-order valence-electron chi connectivity index (χ2n) is 7.31. The Kier molecular flexibility index (Phi) is 8.73. The number of nitrogens with one attached hydrogen (secondary N) is 3. The van der Waals surface area contributed by atoms with Crippen molar-refractivity contribution in [3.63, 3.8) is 0 Å². The summed E-state index contributed by atoms with van der Waals surface area (Å²) in [4.78, 5) is 21.5. The van der Waals surface area contributed by atoms with E-state index < -0.39 is 11.7 Å². The minimum Gasteiger partial charge on any atom is -0.506 e. The maximum atomic E-state index is 14.1. The van der Waals surface area contributed by atoms with Crippen LogP contribution in [0.25, 0.3) is 0 Å². The lowest BCUT2D eigenvalue weighted by Crippen LogP contribution is -2.23. The molecule has 34 heavy (non-hydrogen) atoms. The molecule has 1 aliphatic rings. The molecule has 1 saturated heterocycles. The van der Waals surface area contributed by atoms with E-state index in [9.17, 15) is 14.3 Å². The Labute approximate surface area is 211 Å². The Hall–Kier alpha value is -2.85. The van der Waals surface area contributed by atoms with Crippen LogP contribution >= 0.6 is 35.6 Å². The van der Waals surface area contributed by atoms with E-state index in [0.29, 0.717) is 18.8 Å². The maximum Gasteiger partial charge on any atom is 0.261 e. The first-order valence-electron chi connectivity index (χ1n) is 10.1. The van der Waals surface area contributed by atoms with Gasteiger partial charge in [-0.3, -0.25) is 4.79 Å². The van der Waals surface area contributed by atoms with Gasteiger partial charge in [-0.05, 0) is 43.2 Å². The van der Waals surface area contributed by atoms with Crippen molar-refractivity contribution < 1.29 is 19.0 Å². The van der Waals surface area contributed by atoms with Gasteiger partial charge in [0.2, 0.25) is 5.95 Å². The van der Waals surface area contributed by atoms with Gasteiger partial charge in [0.1, 0.15) is 22.9 Å². The van der Waals surface area contributed by atoms with Crippen molar-refractivity contribution in [2.24, 2.45) is 0 Å². The summed E-state index contributed by atoms with van der Waals surface area (Å²) >= 11 is 12.0. The smallest absolute Gasteiger partial charge is 0.261 e. The van der Waals surface area contributed by atoms with Crippen LogP contribution in [0.15, 0.2) is 42.6 Å². The summed E-state index contributed by atoms with van der Waals surface area (Å²) in [6.45, 7) is 1.12. The third kappa shape index (κ3) is 6.18. The van der Waals surface area contributed by atoms with Crippen LogP contribution in [0.3, 0.4) is 0 Å². The van der Waals surface area contributed by atoms with E-state index in [1.165, 1.54) is 36.5 Å². The Morgan fingerprint density at radius 1 is 1.24 bits per heavy atom. The standard InChI is InChI=1S/C22H20Cl2FN5O3.ClH/c23-15-4-1-5-17(25)19(15)29-21(32)14-11-27-22(28-12-6-7-18(31)16(24)9-12)30-20(14)26-10-13-3-2-8-33-13;/h1,4-7,9,11,13,31H,2-3,8,10H2,(H,29,32)(H2,26,27,28,30);1H. The first-order valence-corrected chi connectivity index (χ1v) is 10.9. The lowest BCUT2D eigenvalue weighted by molar-refractivity contribution is 0.102. The molecule has 4 rings (SSSR count). The topological polar surface area (TPSA) is 108 Å². The molecule has 0 bridgehead atoms. The third-order valence-electron chi connectivity index (χ3n) is 4.96. The van der Waals surface area contributed by atoms with Crippen molar-refractivity contribution in [1.82, 2.24) is 9.97 Å². The molecule has 0 saturated carbocycles. The van der Waals surface area contributed by atoms with Gasteiger partial charge in [-0.1, -0.05) is 29.3 Å². The summed E-state index contributed by atoms with van der Waals surface area (Å²) in [6.07, 6.45) is 3.16. The number of aromatic hydroxyl groups is 1. The number of amides is 1. The summed E-state index contributed by atoms with van der Waals surface area (Å²) in [5, 5.41) is 18.4. The quantitative estimate of drug-likeness (QED) is 0.294. The molecule has 2 heterocycles. The molecule has 1 aliphatic heterocycles. The average molecular weight is 529 g/mol. The fourth-order valence-corrected chi connectivity index (χ4v) is 3.66. The molecule has 1 unspecified atom stereocenters. The largest absolute Gasteiger partial charge is 0.506 e. The molecule has 180 valence electrons. The number of aromatic nitrogens is 2. The third-order valence-corrected chi connectivity index (χ3v) is 5.58. The Morgan fingerprint density at radius 3 is 2.76 bits per heavy atom. The molecule has 4 N–H and O–H groups in total. The van der Waals surface area contributed by atoms with Gasteiger partial charge in [0.05, 0.1) is 21.8 Å². The van der Waals surface area contributed by atoms with E-state index in [4.69, 9.17) is 27.9 Å². The van der Waals surface area contributed by atoms with E-state index in [-0.39, 0.29) is 57.3 Å². The molecule has 0 spiro atoms. The van der Waals surface area contributed by atoms with Gasteiger partial charge < -0.3 is 25.8 Å². The van der Waals surface area contributed by atoms with Crippen molar-refractivity contribution in [3.8, 4) is 5.75 Å². The molecule has 3 aromatic rings. The molecule has 1 amide bonds. The number of hydrogen-bond acceptors (Lipinski definition) is 7. The SMILES string of the molecule is Cl.O=C(Nc1c(F)cccc1Cl)c1cnc(Nc2ccc(O)c(Cl)c2)nc1NCC1CCCO1. The van der Waals surface area contributed by atoms with E-state index in [1.807, 2.05) is 0 Å². The normalized spacial score (nSPS) is 14.9. The van der Waals surface area contributed by atoms with E-state index in [2.05, 4.69) is 25.9 Å². The van der Waals surface area contributed by atoms with Gasteiger partial charge in [0, 0.05) is 25.0 Å². The molecule has 0 aliphatic carbocycles. The van der Waals surface area contributed by atoms with Crippen LogP contribution in [0.2, 0.25) is 10.0 Å². The highest BCUT2D eigenvalue weighted by molar-refractivity contribution is 6.34. The molecule has 12 heteroatoms. The number of hydrogen-bond donors (Lipinski definition) is 4. The molecular weight excluding hydrogens is 508 g/mol. The molecule has 0 radical (unpaired) electrons. The monoisotopic (exact) mass is 527 g/mol. The van der Waals surface area contributed by atoms with E-state index >= 15 is 0 Å². The van der Waals surface area contributed by atoms with Gasteiger partial charge in [0.25, 0.3) is 5.91 Å². The van der Waals surface area contributed by atoms with Crippen LogP contribution < -0.4 is 16.0 Å². The van der Waals surface area contributed by atoms with Crippen LogP contribution in [-0.2, 0) is 4.74 Å². The molecule has 1 aromatic heterocycles. The molecule has 2 aromatic carbocycles. The van der Waals surface area contributed by atoms with Crippen LogP contribution in [0, 0.1) is 5.82 Å². The number of carbonyl (C=O) groups excluding carboxylic acids is 1. The van der Waals surface area contributed by atoms with Crippen molar-refractivity contribution in [3.05, 3.63) is 64.0 Å². The number of halogens is 4. The Bertz CT molecular complexity index is 1160. The molecular formula is C22H21Cl3FN5O3. The fourth-order valence-electron chi connectivity index (χ4n) is 3.27. The van der Waals surface area contributed by atoms with Crippen molar-refractivity contribution in [2.75, 3.05) is 29.1 Å². The van der Waals surface area contributed by atoms with Crippen molar-refractivity contribution >= 4 is 64.7 Å². The fraction of sp³-hybridized carbons (Fsp3) is 0.227. The zero-order valence-electron chi connectivity index (χ0n) is 17.6. The highest BCUT2D eigenvalue weighted by atomic mass is 35.5. The summed E-state index contributed by atoms with van der Waals surface area (Å²) in [5.41, 5.74) is 0.509. The average Bonchev–Trinajstić information content (AvgIpc) is 3.31.